The van der Waals surface area contributed by atoms with Gasteiger partial charge >= 0.3 is 0 Å². The molecule has 1 fully saturated rings. The third-order valence-electron chi connectivity index (χ3n) is 6.22. The molecule has 5 nitrogen and oxygen atoms in total. The molecule has 1 saturated heterocycles. The number of ether oxygens (including phenoxy) is 3. The van der Waals surface area contributed by atoms with E-state index >= 15 is 0 Å². The van der Waals surface area contributed by atoms with Crippen molar-refractivity contribution in [1.82, 2.24) is 5.32 Å². The van der Waals surface area contributed by atoms with Crippen LogP contribution in [0, 0.1) is 0 Å². The molecule has 3 atom stereocenters. The first kappa shape index (κ1) is 25.7. The maximum atomic E-state index is 10.7. The molecule has 0 aliphatic carbocycles. The summed E-state index contributed by atoms with van der Waals surface area (Å²) in [5, 5.41) is 14.0. The van der Waals surface area contributed by atoms with E-state index in [-0.39, 0.29) is 12.0 Å². The largest absolute Gasteiger partial charge is 0.494 e. The lowest BCUT2D eigenvalue weighted by molar-refractivity contribution is -0.0328. The first-order chi connectivity index (χ1) is 17.2. The van der Waals surface area contributed by atoms with Crippen molar-refractivity contribution in [3.05, 3.63) is 95.6 Å². The molecule has 0 saturated carbocycles. The van der Waals surface area contributed by atoms with Crippen LogP contribution in [-0.4, -0.2) is 49.9 Å². The molecule has 3 aromatic carbocycles. The number of hydrogen-bond donors (Lipinski definition) is 2. The van der Waals surface area contributed by atoms with Crippen LogP contribution in [0.1, 0.15) is 29.0 Å². The summed E-state index contributed by atoms with van der Waals surface area (Å²) < 4.78 is 17.9. The van der Waals surface area contributed by atoms with Crippen LogP contribution in [0.2, 0.25) is 0 Å². The highest BCUT2D eigenvalue weighted by Gasteiger charge is 2.34. The minimum absolute atomic E-state index is 0.0813. The van der Waals surface area contributed by atoms with Crippen LogP contribution in [-0.2, 0) is 22.7 Å². The van der Waals surface area contributed by atoms with Gasteiger partial charge in [0, 0.05) is 30.3 Å². The summed E-state index contributed by atoms with van der Waals surface area (Å²) >= 11 is 1.73. The molecule has 186 valence electrons. The molecule has 0 radical (unpaired) electrons. The number of hydrogen-bond acceptors (Lipinski definition) is 6. The number of thioether (sulfide) groups is 1. The molecule has 1 aliphatic heterocycles. The lowest BCUT2D eigenvalue weighted by Crippen LogP contribution is -2.49. The molecule has 2 N–H and O–H groups in total. The van der Waals surface area contributed by atoms with E-state index in [9.17, 15) is 5.11 Å². The number of nitrogens with one attached hydrogen (secondary N) is 1. The van der Waals surface area contributed by atoms with Crippen molar-refractivity contribution < 1.29 is 19.3 Å². The van der Waals surface area contributed by atoms with Gasteiger partial charge in [-0.15, -0.1) is 11.8 Å². The summed E-state index contributed by atoms with van der Waals surface area (Å²) in [6.07, 6.45) is 2.30. The number of aliphatic hydroxyl groups excluding tert-OH is 1. The van der Waals surface area contributed by atoms with Crippen LogP contribution in [0.3, 0.4) is 0 Å². The third kappa shape index (κ3) is 7.82. The van der Waals surface area contributed by atoms with Gasteiger partial charge in [0.1, 0.15) is 5.75 Å². The predicted octanol–water partition coefficient (Wildman–Crippen LogP) is 5.03. The Morgan fingerprint density at radius 1 is 0.857 bits per heavy atom. The van der Waals surface area contributed by atoms with E-state index < -0.39 is 6.10 Å². The van der Waals surface area contributed by atoms with E-state index in [0.717, 1.165) is 23.3 Å². The number of aliphatic hydroxyl groups is 1. The topological polar surface area (TPSA) is 60.0 Å². The minimum atomic E-state index is -0.499. The van der Waals surface area contributed by atoms with Gasteiger partial charge in [0.2, 0.25) is 0 Å². The van der Waals surface area contributed by atoms with Crippen molar-refractivity contribution in [3.63, 3.8) is 0 Å². The molecule has 0 amide bonds. The summed E-state index contributed by atoms with van der Waals surface area (Å²) in [6.45, 7) is 3.69. The van der Waals surface area contributed by atoms with Gasteiger partial charge in [-0.2, -0.15) is 0 Å². The van der Waals surface area contributed by atoms with Crippen LogP contribution in [0.25, 0.3) is 0 Å². The van der Waals surface area contributed by atoms with Crippen LogP contribution in [0.4, 0.5) is 0 Å². The molecule has 1 heterocycles. The quantitative estimate of drug-likeness (QED) is 0.273. The first-order valence-corrected chi connectivity index (χ1v) is 13.4. The first-order valence-electron chi connectivity index (χ1n) is 12.2. The second kappa shape index (κ2) is 13.7. The highest BCUT2D eigenvalue weighted by atomic mass is 32.2. The number of rotatable bonds is 12. The summed E-state index contributed by atoms with van der Waals surface area (Å²) in [7, 11) is 0. The van der Waals surface area contributed by atoms with Crippen molar-refractivity contribution in [2.75, 3.05) is 32.6 Å². The van der Waals surface area contributed by atoms with Crippen molar-refractivity contribution in [2.24, 2.45) is 0 Å². The lowest BCUT2D eigenvalue weighted by atomic mass is 9.85. The molecule has 0 aromatic heterocycles. The molecule has 0 spiro atoms. The van der Waals surface area contributed by atoms with Crippen LogP contribution < -0.4 is 10.1 Å². The fraction of sp³-hybridized carbons (Fsp3) is 0.379. The van der Waals surface area contributed by atoms with E-state index in [1.54, 1.807) is 11.8 Å². The Morgan fingerprint density at radius 3 is 2.34 bits per heavy atom. The van der Waals surface area contributed by atoms with E-state index in [2.05, 4.69) is 48.0 Å². The third-order valence-corrected chi connectivity index (χ3v) is 6.96. The van der Waals surface area contributed by atoms with Crippen molar-refractivity contribution >= 4 is 11.8 Å². The predicted molar refractivity (Wildman–Crippen MR) is 141 cm³/mol. The molecule has 4 rings (SSSR count). The average molecular weight is 494 g/mol. The molecule has 3 unspecified atom stereocenters. The highest BCUT2D eigenvalue weighted by Crippen LogP contribution is 2.30. The Kier molecular flexibility index (Phi) is 10.0. The van der Waals surface area contributed by atoms with Gasteiger partial charge in [-0.1, -0.05) is 54.6 Å². The second-order valence-electron chi connectivity index (χ2n) is 8.76. The van der Waals surface area contributed by atoms with Crippen LogP contribution >= 0.6 is 11.8 Å². The van der Waals surface area contributed by atoms with E-state index in [0.29, 0.717) is 39.5 Å². The zero-order chi connectivity index (χ0) is 24.3. The number of piperidine rings is 1. The molecule has 1 aliphatic rings. The molecular formula is C29H35NO4S. The van der Waals surface area contributed by atoms with Gasteiger partial charge in [-0.05, 0) is 47.2 Å². The SMILES string of the molecule is CSc1ccc(COC2CNCC(O)C2c2ccc(OCCCOCc3ccccc3)cc2)cc1. The van der Waals surface area contributed by atoms with Gasteiger partial charge < -0.3 is 24.6 Å². The van der Waals surface area contributed by atoms with Gasteiger partial charge in [0.15, 0.2) is 0 Å². The van der Waals surface area contributed by atoms with Gasteiger partial charge in [-0.25, -0.2) is 0 Å². The summed E-state index contributed by atoms with van der Waals surface area (Å²) in [5.74, 6) is 0.744. The Balaban J connectivity index is 1.24. The summed E-state index contributed by atoms with van der Waals surface area (Å²) in [6, 6.07) is 26.7. The monoisotopic (exact) mass is 493 g/mol. The maximum absolute atomic E-state index is 10.7. The maximum Gasteiger partial charge on any atom is 0.119 e. The summed E-state index contributed by atoms with van der Waals surface area (Å²) in [4.78, 5) is 1.24. The standard InChI is InChI=1S/C29H35NO4S/c1-35-26-14-8-23(9-15-26)21-34-28-19-30-18-27(31)29(28)24-10-12-25(13-11-24)33-17-5-16-32-20-22-6-3-2-4-7-22/h2-4,6-15,27-31H,5,16-21H2,1H3. The summed E-state index contributed by atoms with van der Waals surface area (Å²) in [5.41, 5.74) is 3.39. The van der Waals surface area contributed by atoms with E-state index in [1.807, 2.05) is 42.5 Å². The fourth-order valence-corrected chi connectivity index (χ4v) is 4.71. The second-order valence-corrected chi connectivity index (χ2v) is 9.64. The molecule has 6 heteroatoms. The fourth-order valence-electron chi connectivity index (χ4n) is 4.30. The number of β-amino-alcohol motifs (C(OH)–C–C–N with tert-alkyl or cyclic N) is 1. The molecule has 35 heavy (non-hydrogen) atoms. The Hall–Kier alpha value is -2.35. The minimum Gasteiger partial charge on any atom is -0.494 e. The smallest absolute Gasteiger partial charge is 0.119 e. The van der Waals surface area contributed by atoms with Crippen molar-refractivity contribution in [3.8, 4) is 5.75 Å². The molecule has 0 bridgehead atoms. The van der Waals surface area contributed by atoms with E-state index in [4.69, 9.17) is 14.2 Å². The Morgan fingerprint density at radius 2 is 1.60 bits per heavy atom. The Bertz CT molecular complexity index is 997. The van der Waals surface area contributed by atoms with Gasteiger partial charge in [-0.3, -0.25) is 0 Å². The van der Waals surface area contributed by atoms with Crippen LogP contribution in [0.5, 0.6) is 5.75 Å². The lowest BCUT2D eigenvalue weighted by Gasteiger charge is -2.36. The van der Waals surface area contributed by atoms with Crippen molar-refractivity contribution in [2.45, 2.75) is 42.7 Å². The molecular weight excluding hydrogens is 458 g/mol. The molecule has 3 aromatic rings. The zero-order valence-electron chi connectivity index (χ0n) is 20.3. The normalized spacial score (nSPS) is 20.0. The van der Waals surface area contributed by atoms with Crippen molar-refractivity contribution in [1.29, 1.82) is 0 Å². The van der Waals surface area contributed by atoms with E-state index in [1.165, 1.54) is 10.5 Å². The highest BCUT2D eigenvalue weighted by molar-refractivity contribution is 7.98. The number of benzene rings is 3. The Labute approximate surface area is 212 Å². The van der Waals surface area contributed by atoms with Gasteiger partial charge in [0.25, 0.3) is 0 Å². The average Bonchev–Trinajstić information content (AvgIpc) is 2.91. The van der Waals surface area contributed by atoms with Crippen LogP contribution in [0.15, 0.2) is 83.8 Å². The van der Waals surface area contributed by atoms with Gasteiger partial charge in [0.05, 0.1) is 38.6 Å². The zero-order valence-corrected chi connectivity index (χ0v) is 21.1.